The highest BCUT2D eigenvalue weighted by atomic mass is 16.2. The number of benzene rings is 1. The summed E-state index contributed by atoms with van der Waals surface area (Å²) in [7, 11) is 0. The predicted octanol–water partition coefficient (Wildman–Crippen LogP) is 0.756. The molecule has 110 valence electrons. The van der Waals surface area contributed by atoms with Gasteiger partial charge in [-0.1, -0.05) is 30.3 Å². The van der Waals surface area contributed by atoms with Crippen LogP contribution in [-0.2, 0) is 11.3 Å². The number of amides is 1. The number of carbonyl (C=O) groups is 1. The minimum absolute atomic E-state index is 0.0556. The van der Waals surface area contributed by atoms with Crippen molar-refractivity contribution >= 4 is 11.7 Å². The van der Waals surface area contributed by atoms with E-state index in [0.717, 1.165) is 24.5 Å². The van der Waals surface area contributed by atoms with Crippen molar-refractivity contribution in [1.29, 1.82) is 0 Å². The molecule has 6 nitrogen and oxygen atoms in total. The second kappa shape index (κ2) is 6.51. The maximum absolute atomic E-state index is 12.0. The van der Waals surface area contributed by atoms with Gasteiger partial charge >= 0.3 is 0 Å². The average molecular weight is 285 g/mol. The molecule has 0 radical (unpaired) electrons. The van der Waals surface area contributed by atoms with Gasteiger partial charge in [0.2, 0.25) is 5.91 Å². The Bertz CT molecular complexity index is 591. The summed E-state index contributed by atoms with van der Waals surface area (Å²) in [6.07, 6.45) is 1.71. The third-order valence-corrected chi connectivity index (χ3v) is 3.50. The molecule has 0 aliphatic carbocycles. The van der Waals surface area contributed by atoms with E-state index in [9.17, 15) is 4.79 Å². The van der Waals surface area contributed by atoms with Crippen molar-refractivity contribution in [3.63, 3.8) is 0 Å². The van der Waals surface area contributed by atoms with Crippen molar-refractivity contribution in [3.8, 4) is 0 Å². The maximum atomic E-state index is 12.0. The van der Waals surface area contributed by atoms with Gasteiger partial charge in [-0.3, -0.25) is 4.79 Å². The van der Waals surface area contributed by atoms with Gasteiger partial charge in [-0.05, 0) is 5.56 Å². The average Bonchev–Trinajstić information content (AvgIpc) is 2.86. The Labute approximate surface area is 123 Å². The van der Waals surface area contributed by atoms with Gasteiger partial charge in [0.1, 0.15) is 5.82 Å². The first kappa shape index (κ1) is 13.8. The topological polar surface area (TPSA) is 71.0 Å². The molecule has 1 aliphatic rings. The lowest BCUT2D eigenvalue weighted by molar-refractivity contribution is -0.115. The minimum atomic E-state index is -0.0556. The Morgan fingerprint density at radius 1 is 1.29 bits per heavy atom. The van der Waals surface area contributed by atoms with Crippen LogP contribution in [0.3, 0.4) is 0 Å². The molecule has 21 heavy (non-hydrogen) atoms. The summed E-state index contributed by atoms with van der Waals surface area (Å²) in [5, 5.41) is 13.5. The number of anilines is 1. The number of aromatic nitrogens is 2. The van der Waals surface area contributed by atoms with Gasteiger partial charge in [0, 0.05) is 25.7 Å². The Kier molecular flexibility index (Phi) is 4.28. The fraction of sp³-hybridized carbons (Fsp3) is 0.333. The molecule has 0 bridgehead atoms. The minimum Gasteiger partial charge on any atom is -0.312 e. The Hall–Kier alpha value is -2.18. The van der Waals surface area contributed by atoms with Gasteiger partial charge in [0.25, 0.3) is 0 Å². The van der Waals surface area contributed by atoms with Crippen molar-refractivity contribution < 1.29 is 4.79 Å². The van der Waals surface area contributed by atoms with E-state index < -0.39 is 0 Å². The standard InChI is InChI=1S/C15H19N5O/c21-15(11-16-8-12-4-2-1-3-5-12)19-14-6-7-18-20(14)13-9-17-10-13/h1-7,13,16-17H,8-11H2,(H,19,21). The molecular weight excluding hydrogens is 266 g/mol. The summed E-state index contributed by atoms with van der Waals surface area (Å²) < 4.78 is 1.87. The lowest BCUT2D eigenvalue weighted by atomic mass is 10.2. The highest BCUT2D eigenvalue weighted by Crippen LogP contribution is 2.17. The molecule has 1 aliphatic heterocycles. The van der Waals surface area contributed by atoms with Crippen LogP contribution in [0.2, 0.25) is 0 Å². The zero-order valence-electron chi connectivity index (χ0n) is 11.7. The van der Waals surface area contributed by atoms with Crippen molar-refractivity contribution in [2.24, 2.45) is 0 Å². The van der Waals surface area contributed by atoms with Crippen LogP contribution >= 0.6 is 0 Å². The number of hydrogen-bond donors (Lipinski definition) is 3. The van der Waals surface area contributed by atoms with Crippen LogP contribution in [0.15, 0.2) is 42.6 Å². The predicted molar refractivity (Wildman–Crippen MR) is 80.9 cm³/mol. The Morgan fingerprint density at radius 3 is 2.81 bits per heavy atom. The quantitative estimate of drug-likeness (QED) is 0.732. The van der Waals surface area contributed by atoms with Gasteiger partial charge in [-0.25, -0.2) is 4.68 Å². The molecular formula is C15H19N5O. The molecule has 6 heteroatoms. The largest absolute Gasteiger partial charge is 0.312 e. The fourth-order valence-electron chi connectivity index (χ4n) is 2.25. The molecule has 2 aromatic rings. The number of carbonyl (C=O) groups excluding carboxylic acids is 1. The zero-order valence-corrected chi connectivity index (χ0v) is 11.7. The first-order valence-corrected chi connectivity index (χ1v) is 7.11. The van der Waals surface area contributed by atoms with E-state index in [1.807, 2.05) is 41.1 Å². The van der Waals surface area contributed by atoms with E-state index in [1.165, 1.54) is 0 Å². The smallest absolute Gasteiger partial charge is 0.239 e. The van der Waals surface area contributed by atoms with Crippen molar-refractivity contribution in [1.82, 2.24) is 20.4 Å². The summed E-state index contributed by atoms with van der Waals surface area (Å²) in [5.74, 6) is 0.702. The molecule has 0 saturated carbocycles. The van der Waals surface area contributed by atoms with Gasteiger partial charge < -0.3 is 16.0 Å². The summed E-state index contributed by atoms with van der Waals surface area (Å²) in [4.78, 5) is 12.0. The lowest BCUT2D eigenvalue weighted by Crippen LogP contribution is -2.44. The molecule has 1 fully saturated rings. The third kappa shape index (κ3) is 3.48. The Morgan fingerprint density at radius 2 is 2.10 bits per heavy atom. The molecule has 1 aromatic heterocycles. The lowest BCUT2D eigenvalue weighted by Gasteiger charge is -2.28. The van der Waals surface area contributed by atoms with E-state index >= 15 is 0 Å². The molecule has 1 aromatic carbocycles. The first-order chi connectivity index (χ1) is 10.3. The summed E-state index contributed by atoms with van der Waals surface area (Å²) in [6, 6.07) is 12.2. The molecule has 0 atom stereocenters. The zero-order chi connectivity index (χ0) is 14.5. The van der Waals surface area contributed by atoms with E-state index in [1.54, 1.807) is 6.20 Å². The molecule has 1 saturated heterocycles. The normalized spacial score (nSPS) is 14.7. The van der Waals surface area contributed by atoms with E-state index in [4.69, 9.17) is 0 Å². The molecule has 0 unspecified atom stereocenters. The van der Waals surface area contributed by atoms with Gasteiger partial charge in [0.05, 0.1) is 18.8 Å². The molecule has 0 spiro atoms. The summed E-state index contributed by atoms with van der Waals surface area (Å²) in [5.41, 5.74) is 1.16. The van der Waals surface area contributed by atoms with Crippen LogP contribution < -0.4 is 16.0 Å². The Balaban J connectivity index is 1.47. The van der Waals surface area contributed by atoms with E-state index in [2.05, 4.69) is 21.0 Å². The second-order valence-corrected chi connectivity index (χ2v) is 5.11. The number of nitrogens with zero attached hydrogens (tertiary/aromatic N) is 2. The highest BCUT2D eigenvalue weighted by Gasteiger charge is 2.22. The maximum Gasteiger partial charge on any atom is 0.239 e. The summed E-state index contributed by atoms with van der Waals surface area (Å²) in [6.45, 7) is 2.76. The summed E-state index contributed by atoms with van der Waals surface area (Å²) >= 11 is 0. The number of rotatable bonds is 6. The molecule has 3 N–H and O–H groups in total. The SMILES string of the molecule is O=C(CNCc1ccccc1)Nc1ccnn1C1CNC1. The van der Waals surface area contributed by atoms with Crippen molar-refractivity contribution in [2.45, 2.75) is 12.6 Å². The molecule has 2 heterocycles. The fourth-order valence-corrected chi connectivity index (χ4v) is 2.25. The number of hydrogen-bond acceptors (Lipinski definition) is 4. The second-order valence-electron chi connectivity index (χ2n) is 5.11. The van der Waals surface area contributed by atoms with Crippen LogP contribution in [0.4, 0.5) is 5.82 Å². The molecule has 3 rings (SSSR count). The number of nitrogens with one attached hydrogen (secondary N) is 3. The van der Waals surface area contributed by atoms with E-state index in [0.29, 0.717) is 12.6 Å². The van der Waals surface area contributed by atoms with Crippen molar-refractivity contribution in [2.75, 3.05) is 25.0 Å². The monoisotopic (exact) mass is 285 g/mol. The van der Waals surface area contributed by atoms with Crippen molar-refractivity contribution in [3.05, 3.63) is 48.2 Å². The van der Waals surface area contributed by atoms with Crippen LogP contribution in [0.25, 0.3) is 0 Å². The van der Waals surface area contributed by atoms with Gasteiger partial charge in [-0.2, -0.15) is 5.10 Å². The van der Waals surface area contributed by atoms with Gasteiger partial charge in [0.15, 0.2) is 0 Å². The van der Waals surface area contributed by atoms with Crippen LogP contribution in [0, 0.1) is 0 Å². The van der Waals surface area contributed by atoms with Crippen LogP contribution in [0.5, 0.6) is 0 Å². The van der Waals surface area contributed by atoms with E-state index in [-0.39, 0.29) is 12.5 Å². The third-order valence-electron chi connectivity index (χ3n) is 3.50. The van der Waals surface area contributed by atoms with Crippen LogP contribution in [-0.4, -0.2) is 35.3 Å². The van der Waals surface area contributed by atoms with Gasteiger partial charge in [-0.15, -0.1) is 0 Å². The molecule has 1 amide bonds. The van der Waals surface area contributed by atoms with Crippen LogP contribution in [0.1, 0.15) is 11.6 Å². The first-order valence-electron chi connectivity index (χ1n) is 7.11. The highest BCUT2D eigenvalue weighted by molar-refractivity contribution is 5.91.